The molecule has 0 spiro atoms. The summed E-state index contributed by atoms with van der Waals surface area (Å²) in [4.78, 5) is 14.2. The number of fused-ring (bicyclic) bond motifs is 1. The van der Waals surface area contributed by atoms with Gasteiger partial charge in [0.2, 0.25) is 0 Å². The molecule has 0 amide bonds. The quantitative estimate of drug-likeness (QED) is 0.807. The molecule has 3 aromatic rings. The number of hydrogen-bond acceptors (Lipinski definition) is 4. The Morgan fingerprint density at radius 1 is 1.23 bits per heavy atom. The van der Waals surface area contributed by atoms with Crippen LogP contribution in [0.3, 0.4) is 0 Å². The van der Waals surface area contributed by atoms with Crippen LogP contribution in [0.4, 0.5) is 10.2 Å². The Bertz CT molecular complexity index is 826. The van der Waals surface area contributed by atoms with Crippen molar-refractivity contribution in [3.05, 3.63) is 48.2 Å². The van der Waals surface area contributed by atoms with Gasteiger partial charge in [-0.1, -0.05) is 12.1 Å². The summed E-state index contributed by atoms with van der Waals surface area (Å²) in [7, 11) is 0. The third-order valence-electron chi connectivity index (χ3n) is 3.78. The Hall–Kier alpha value is -2.63. The second-order valence-corrected chi connectivity index (χ2v) is 5.41. The largest absolute Gasteiger partial charge is 0.484 e. The number of aromatic nitrogens is 3. The lowest BCUT2D eigenvalue weighted by atomic mass is 10.1. The highest BCUT2D eigenvalue weighted by molar-refractivity contribution is 5.86. The van der Waals surface area contributed by atoms with Crippen LogP contribution in [0.2, 0.25) is 0 Å². The molecule has 1 fully saturated rings. The van der Waals surface area contributed by atoms with Gasteiger partial charge in [0.1, 0.15) is 17.4 Å². The highest BCUT2D eigenvalue weighted by atomic mass is 19.1. The lowest BCUT2D eigenvalue weighted by molar-refractivity contribution is 0.160. The van der Waals surface area contributed by atoms with Gasteiger partial charge >= 0.3 is 0 Å². The first-order valence-electron chi connectivity index (χ1n) is 7.18. The van der Waals surface area contributed by atoms with Crippen molar-refractivity contribution in [1.29, 1.82) is 0 Å². The monoisotopic (exact) mass is 298 g/mol. The number of aromatic amines is 1. The van der Waals surface area contributed by atoms with E-state index in [0.717, 1.165) is 22.7 Å². The molecule has 1 N–H and O–H groups in total. The highest BCUT2D eigenvalue weighted by Gasteiger charge is 2.31. The average Bonchev–Trinajstić information content (AvgIpc) is 2.91. The number of hydrogen-bond donors (Lipinski definition) is 1. The van der Waals surface area contributed by atoms with Gasteiger partial charge in [-0.2, -0.15) is 0 Å². The molecule has 0 atom stereocenters. The lowest BCUT2D eigenvalue weighted by Crippen LogP contribution is -2.54. The van der Waals surface area contributed by atoms with Gasteiger partial charge in [0.05, 0.1) is 18.6 Å². The van der Waals surface area contributed by atoms with Crippen LogP contribution in [0.25, 0.3) is 11.0 Å². The second kappa shape index (κ2) is 4.98. The van der Waals surface area contributed by atoms with Crippen molar-refractivity contribution in [2.75, 3.05) is 18.0 Å². The molecule has 0 aliphatic carbocycles. The number of benzene rings is 1. The van der Waals surface area contributed by atoms with E-state index in [-0.39, 0.29) is 11.9 Å². The fraction of sp³-hybridized carbons (Fsp3) is 0.250. The van der Waals surface area contributed by atoms with Gasteiger partial charge in [0.25, 0.3) is 0 Å². The third-order valence-corrected chi connectivity index (χ3v) is 3.78. The maximum Gasteiger partial charge on any atom is 0.165 e. The summed E-state index contributed by atoms with van der Waals surface area (Å²) in [6.07, 6.45) is 1.83. The summed E-state index contributed by atoms with van der Waals surface area (Å²) < 4.78 is 19.3. The van der Waals surface area contributed by atoms with Crippen molar-refractivity contribution in [2.45, 2.75) is 13.0 Å². The van der Waals surface area contributed by atoms with Crippen molar-refractivity contribution >= 4 is 16.9 Å². The standard InChI is InChI=1S/C16H15FN4O/c1-10-19-13-6-7-18-15(13)16(20-10)21-8-11(9-21)22-14-5-3-2-4-12(14)17/h2-7,11,18H,8-9H2,1H3. The van der Waals surface area contributed by atoms with Gasteiger partial charge in [-0.3, -0.25) is 0 Å². The molecule has 4 rings (SSSR count). The molecular weight excluding hydrogens is 283 g/mol. The Morgan fingerprint density at radius 2 is 2.05 bits per heavy atom. The van der Waals surface area contributed by atoms with Gasteiger partial charge in [-0.05, 0) is 25.1 Å². The summed E-state index contributed by atoms with van der Waals surface area (Å²) in [5.74, 6) is 1.59. The van der Waals surface area contributed by atoms with E-state index < -0.39 is 0 Å². The van der Waals surface area contributed by atoms with E-state index in [4.69, 9.17) is 4.74 Å². The molecule has 1 aliphatic heterocycles. The van der Waals surface area contributed by atoms with E-state index in [0.29, 0.717) is 18.8 Å². The number of aryl methyl sites for hydroxylation is 1. The van der Waals surface area contributed by atoms with Crippen LogP contribution < -0.4 is 9.64 Å². The number of para-hydroxylation sites is 1. The number of H-pyrrole nitrogens is 1. The Kier molecular flexibility index (Phi) is 2.96. The number of nitrogens with zero attached hydrogens (tertiary/aromatic N) is 3. The molecule has 112 valence electrons. The molecule has 3 heterocycles. The van der Waals surface area contributed by atoms with Gasteiger partial charge in [-0.25, -0.2) is 14.4 Å². The number of ether oxygens (including phenoxy) is 1. The van der Waals surface area contributed by atoms with Crippen LogP contribution in [0.1, 0.15) is 5.82 Å². The normalized spacial score (nSPS) is 15.1. The van der Waals surface area contributed by atoms with E-state index in [1.807, 2.05) is 19.2 Å². The molecule has 0 saturated carbocycles. The first-order valence-corrected chi connectivity index (χ1v) is 7.18. The second-order valence-electron chi connectivity index (χ2n) is 5.41. The minimum absolute atomic E-state index is 0.0304. The molecule has 1 aliphatic rings. The predicted octanol–water partition coefficient (Wildman–Crippen LogP) is 2.67. The molecule has 5 nitrogen and oxygen atoms in total. The minimum atomic E-state index is -0.328. The highest BCUT2D eigenvalue weighted by Crippen LogP contribution is 2.28. The average molecular weight is 298 g/mol. The first-order chi connectivity index (χ1) is 10.7. The fourth-order valence-corrected chi connectivity index (χ4v) is 2.68. The fourth-order valence-electron chi connectivity index (χ4n) is 2.68. The van der Waals surface area contributed by atoms with Crippen LogP contribution in [0.5, 0.6) is 5.75 Å². The number of halogens is 1. The zero-order chi connectivity index (χ0) is 15.1. The molecule has 6 heteroatoms. The van der Waals surface area contributed by atoms with E-state index >= 15 is 0 Å². The zero-order valence-electron chi connectivity index (χ0n) is 12.1. The summed E-state index contributed by atoms with van der Waals surface area (Å²) in [6.45, 7) is 3.24. The minimum Gasteiger partial charge on any atom is -0.484 e. The molecule has 2 aromatic heterocycles. The van der Waals surface area contributed by atoms with Gasteiger partial charge in [0.15, 0.2) is 17.4 Å². The maximum absolute atomic E-state index is 13.6. The smallest absolute Gasteiger partial charge is 0.165 e. The Morgan fingerprint density at radius 3 is 2.86 bits per heavy atom. The van der Waals surface area contributed by atoms with E-state index in [9.17, 15) is 4.39 Å². The van der Waals surface area contributed by atoms with Gasteiger partial charge in [-0.15, -0.1) is 0 Å². The first kappa shape index (κ1) is 13.1. The Labute approximate surface area is 126 Å². The molecule has 1 aromatic carbocycles. The molecule has 0 bridgehead atoms. The molecule has 22 heavy (non-hydrogen) atoms. The summed E-state index contributed by atoms with van der Waals surface area (Å²) >= 11 is 0. The maximum atomic E-state index is 13.6. The van der Waals surface area contributed by atoms with Crippen molar-refractivity contribution in [2.24, 2.45) is 0 Å². The van der Waals surface area contributed by atoms with E-state index in [2.05, 4.69) is 19.9 Å². The number of nitrogens with one attached hydrogen (secondary N) is 1. The van der Waals surface area contributed by atoms with Crippen molar-refractivity contribution in [3.8, 4) is 5.75 Å². The van der Waals surface area contributed by atoms with E-state index in [1.54, 1.807) is 18.2 Å². The van der Waals surface area contributed by atoms with E-state index in [1.165, 1.54) is 6.07 Å². The summed E-state index contributed by atoms with van der Waals surface area (Å²) in [5.41, 5.74) is 1.83. The zero-order valence-corrected chi connectivity index (χ0v) is 12.1. The summed E-state index contributed by atoms with van der Waals surface area (Å²) in [5, 5.41) is 0. The molecule has 0 radical (unpaired) electrons. The van der Waals surface area contributed by atoms with Crippen LogP contribution in [0, 0.1) is 12.7 Å². The predicted molar refractivity (Wildman–Crippen MR) is 81.7 cm³/mol. The lowest BCUT2D eigenvalue weighted by Gasteiger charge is -2.40. The number of rotatable bonds is 3. The topological polar surface area (TPSA) is 54.0 Å². The van der Waals surface area contributed by atoms with Crippen LogP contribution in [-0.4, -0.2) is 34.1 Å². The van der Waals surface area contributed by atoms with Gasteiger partial charge in [0, 0.05) is 6.20 Å². The van der Waals surface area contributed by atoms with Crippen LogP contribution in [-0.2, 0) is 0 Å². The number of anilines is 1. The van der Waals surface area contributed by atoms with Crippen molar-refractivity contribution < 1.29 is 9.13 Å². The van der Waals surface area contributed by atoms with Crippen LogP contribution in [0.15, 0.2) is 36.5 Å². The summed E-state index contributed by atoms with van der Waals surface area (Å²) in [6, 6.07) is 8.41. The van der Waals surface area contributed by atoms with Crippen molar-refractivity contribution in [3.63, 3.8) is 0 Å². The molecule has 1 saturated heterocycles. The van der Waals surface area contributed by atoms with Crippen LogP contribution >= 0.6 is 0 Å². The third kappa shape index (κ3) is 2.16. The Balaban J connectivity index is 1.51. The van der Waals surface area contributed by atoms with Gasteiger partial charge < -0.3 is 14.6 Å². The SMILES string of the molecule is Cc1nc(N2CC(Oc3ccccc3F)C2)c2[nH]ccc2n1. The molecule has 0 unspecified atom stereocenters. The molecular formula is C16H15FN4O. The van der Waals surface area contributed by atoms with Crippen molar-refractivity contribution in [1.82, 2.24) is 15.0 Å².